The number of ether oxygens (including phenoxy) is 1. The summed E-state index contributed by atoms with van der Waals surface area (Å²) >= 11 is 4.97. The van der Waals surface area contributed by atoms with Gasteiger partial charge >= 0.3 is 0 Å². The summed E-state index contributed by atoms with van der Waals surface area (Å²) in [6.45, 7) is 1.98. The summed E-state index contributed by atoms with van der Waals surface area (Å²) < 4.78 is 5.59. The van der Waals surface area contributed by atoms with Gasteiger partial charge in [-0.1, -0.05) is 49.5 Å². The molecule has 0 aliphatic rings. The van der Waals surface area contributed by atoms with Crippen LogP contribution in [0.1, 0.15) is 18.1 Å². The Morgan fingerprint density at radius 1 is 1.18 bits per heavy atom. The molecule has 0 spiro atoms. The molecule has 114 valence electrons. The molecular weight excluding hydrogens is 296 g/mol. The molecule has 5 heteroatoms. The molecule has 0 unspecified atom stereocenters. The molecule has 0 aliphatic carbocycles. The van der Waals surface area contributed by atoms with Crippen LogP contribution in [0.5, 0.6) is 5.75 Å². The van der Waals surface area contributed by atoms with Gasteiger partial charge in [-0.25, -0.2) is 0 Å². The van der Waals surface area contributed by atoms with Crippen molar-refractivity contribution in [3.05, 3.63) is 59.7 Å². The van der Waals surface area contributed by atoms with Crippen molar-refractivity contribution in [3.8, 4) is 5.75 Å². The number of amides is 1. The molecule has 22 heavy (non-hydrogen) atoms. The number of rotatable bonds is 6. The van der Waals surface area contributed by atoms with E-state index in [2.05, 4.69) is 5.32 Å². The van der Waals surface area contributed by atoms with Crippen molar-refractivity contribution >= 4 is 28.8 Å². The van der Waals surface area contributed by atoms with Crippen LogP contribution in [-0.4, -0.2) is 17.5 Å². The number of aryl methyl sites for hydroxylation is 1. The molecule has 0 saturated carbocycles. The number of nitrogens with two attached hydrogens (primary N) is 1. The van der Waals surface area contributed by atoms with Crippen LogP contribution >= 0.6 is 12.2 Å². The lowest BCUT2D eigenvalue weighted by Crippen LogP contribution is -2.22. The highest BCUT2D eigenvalue weighted by molar-refractivity contribution is 7.80. The minimum atomic E-state index is -0.255. The van der Waals surface area contributed by atoms with Crippen LogP contribution in [-0.2, 0) is 11.2 Å². The summed E-state index contributed by atoms with van der Waals surface area (Å²) in [5.41, 5.74) is 7.94. The van der Waals surface area contributed by atoms with Gasteiger partial charge in [-0.3, -0.25) is 4.79 Å². The predicted octanol–water partition coefficient (Wildman–Crippen LogP) is 2.90. The molecule has 1 amide bonds. The van der Waals surface area contributed by atoms with Crippen LogP contribution in [0.4, 0.5) is 5.69 Å². The molecule has 2 aromatic carbocycles. The highest BCUT2D eigenvalue weighted by Crippen LogP contribution is 2.19. The molecule has 0 atom stereocenters. The third-order valence-electron chi connectivity index (χ3n) is 3.18. The maximum Gasteiger partial charge on any atom is 0.262 e. The summed E-state index contributed by atoms with van der Waals surface area (Å²) in [5.74, 6) is 0.470. The van der Waals surface area contributed by atoms with Crippen molar-refractivity contribution in [1.82, 2.24) is 0 Å². The lowest BCUT2D eigenvalue weighted by Gasteiger charge is -2.12. The quantitative estimate of drug-likeness (QED) is 0.805. The first-order valence-corrected chi connectivity index (χ1v) is 7.42. The van der Waals surface area contributed by atoms with Crippen LogP contribution in [0.15, 0.2) is 48.5 Å². The molecule has 0 radical (unpaired) electrons. The number of hydrogen-bond donors (Lipinski definition) is 2. The molecule has 0 fully saturated rings. The Hall–Kier alpha value is -2.40. The van der Waals surface area contributed by atoms with Gasteiger partial charge in [0.25, 0.3) is 5.91 Å². The van der Waals surface area contributed by atoms with Gasteiger partial charge in [0.2, 0.25) is 0 Å². The number of carbonyl (C=O) groups excluding carboxylic acids is 1. The maximum atomic E-state index is 12.0. The Labute approximate surface area is 135 Å². The molecule has 0 aliphatic heterocycles. The van der Waals surface area contributed by atoms with E-state index < -0.39 is 0 Å². The second-order valence-corrected chi connectivity index (χ2v) is 5.15. The third-order valence-corrected chi connectivity index (χ3v) is 3.40. The molecule has 3 N–H and O–H groups in total. The fraction of sp³-hybridized carbons (Fsp3) is 0.176. The van der Waals surface area contributed by atoms with E-state index in [-0.39, 0.29) is 17.5 Å². The van der Waals surface area contributed by atoms with Gasteiger partial charge in [0.15, 0.2) is 6.61 Å². The maximum absolute atomic E-state index is 12.0. The zero-order valence-electron chi connectivity index (χ0n) is 12.3. The predicted molar refractivity (Wildman–Crippen MR) is 92.3 cm³/mol. The monoisotopic (exact) mass is 314 g/mol. The zero-order valence-corrected chi connectivity index (χ0v) is 13.2. The minimum absolute atomic E-state index is 0.0668. The van der Waals surface area contributed by atoms with Gasteiger partial charge in [0.1, 0.15) is 10.7 Å². The van der Waals surface area contributed by atoms with Crippen molar-refractivity contribution < 1.29 is 9.53 Å². The molecule has 2 rings (SSSR count). The number of anilines is 1. The number of benzene rings is 2. The van der Waals surface area contributed by atoms with Crippen LogP contribution in [0.2, 0.25) is 0 Å². The molecule has 4 nitrogen and oxygen atoms in total. The van der Waals surface area contributed by atoms with Crippen molar-refractivity contribution in [2.75, 3.05) is 11.9 Å². The highest BCUT2D eigenvalue weighted by Gasteiger charge is 2.09. The first-order chi connectivity index (χ1) is 10.6. The number of para-hydroxylation sites is 2. The van der Waals surface area contributed by atoms with Crippen LogP contribution in [0, 0.1) is 0 Å². The van der Waals surface area contributed by atoms with Crippen LogP contribution in [0.3, 0.4) is 0 Å². The van der Waals surface area contributed by atoms with Crippen LogP contribution < -0.4 is 15.8 Å². The lowest BCUT2D eigenvalue weighted by atomic mass is 10.1. The van der Waals surface area contributed by atoms with Gasteiger partial charge < -0.3 is 15.8 Å². The van der Waals surface area contributed by atoms with Gasteiger partial charge in [-0.05, 0) is 30.2 Å². The third kappa shape index (κ3) is 4.05. The summed E-state index contributed by atoms with van der Waals surface area (Å²) in [6.07, 6.45) is 0.849. The molecule has 0 bridgehead atoms. The Balaban J connectivity index is 2.01. The lowest BCUT2D eigenvalue weighted by molar-refractivity contribution is -0.118. The molecular formula is C17H18N2O2S. The van der Waals surface area contributed by atoms with Crippen molar-refractivity contribution in [2.24, 2.45) is 5.73 Å². The van der Waals surface area contributed by atoms with Crippen LogP contribution in [0.25, 0.3) is 0 Å². The molecule has 2 aromatic rings. The Morgan fingerprint density at radius 2 is 1.86 bits per heavy atom. The Bertz CT molecular complexity index is 686. The number of hydrogen-bond acceptors (Lipinski definition) is 3. The fourth-order valence-electron chi connectivity index (χ4n) is 2.07. The Morgan fingerprint density at radius 3 is 2.59 bits per heavy atom. The van der Waals surface area contributed by atoms with Gasteiger partial charge in [-0.2, -0.15) is 0 Å². The topological polar surface area (TPSA) is 64.3 Å². The number of nitrogens with one attached hydrogen (secondary N) is 1. The van der Waals surface area contributed by atoms with Crippen molar-refractivity contribution in [3.63, 3.8) is 0 Å². The first kappa shape index (κ1) is 16.0. The van der Waals surface area contributed by atoms with Gasteiger partial charge in [0.05, 0.1) is 5.69 Å². The van der Waals surface area contributed by atoms with E-state index in [1.165, 1.54) is 0 Å². The van der Waals surface area contributed by atoms with E-state index in [0.717, 1.165) is 17.7 Å². The van der Waals surface area contributed by atoms with Crippen molar-refractivity contribution in [2.45, 2.75) is 13.3 Å². The summed E-state index contributed by atoms with van der Waals surface area (Å²) in [7, 11) is 0. The number of thiocarbonyl (C=S) groups is 1. The minimum Gasteiger partial charge on any atom is -0.483 e. The highest BCUT2D eigenvalue weighted by atomic mass is 32.1. The summed E-state index contributed by atoms with van der Waals surface area (Å²) in [4.78, 5) is 12.3. The smallest absolute Gasteiger partial charge is 0.262 e. The average Bonchev–Trinajstić information content (AvgIpc) is 2.53. The molecule has 0 aromatic heterocycles. The molecule has 0 heterocycles. The van der Waals surface area contributed by atoms with Gasteiger partial charge in [-0.15, -0.1) is 0 Å². The average molecular weight is 314 g/mol. The summed E-state index contributed by atoms with van der Waals surface area (Å²) in [5, 5.41) is 2.77. The zero-order chi connectivity index (χ0) is 15.9. The van der Waals surface area contributed by atoms with E-state index in [1.807, 2.05) is 43.3 Å². The Kier molecular flexibility index (Phi) is 5.49. The second kappa shape index (κ2) is 7.56. The standard InChI is InChI=1S/C17H18N2O2S/c1-2-12-7-3-6-10-15(12)21-11-16(20)19-14-9-5-4-8-13(14)17(18)22/h3-10H,2,11H2,1H3,(H2,18,22)(H,19,20). The van der Waals surface area contributed by atoms with E-state index in [9.17, 15) is 4.79 Å². The number of carbonyl (C=O) groups is 1. The second-order valence-electron chi connectivity index (χ2n) is 4.71. The van der Waals surface area contributed by atoms with E-state index >= 15 is 0 Å². The fourth-order valence-corrected chi connectivity index (χ4v) is 2.25. The van der Waals surface area contributed by atoms with E-state index in [1.54, 1.807) is 12.1 Å². The molecule has 0 saturated heterocycles. The SMILES string of the molecule is CCc1ccccc1OCC(=O)Nc1ccccc1C(N)=S. The van der Waals surface area contributed by atoms with E-state index in [0.29, 0.717) is 11.3 Å². The largest absolute Gasteiger partial charge is 0.483 e. The first-order valence-electron chi connectivity index (χ1n) is 7.01. The summed E-state index contributed by atoms with van der Waals surface area (Å²) in [6, 6.07) is 14.8. The van der Waals surface area contributed by atoms with Crippen molar-refractivity contribution in [1.29, 1.82) is 0 Å². The van der Waals surface area contributed by atoms with E-state index in [4.69, 9.17) is 22.7 Å². The van der Waals surface area contributed by atoms with Gasteiger partial charge in [0, 0.05) is 5.56 Å². The normalized spacial score (nSPS) is 10.0.